The summed E-state index contributed by atoms with van der Waals surface area (Å²) in [7, 11) is -6.00. The lowest BCUT2D eigenvalue weighted by molar-refractivity contribution is 0.368. The topological polar surface area (TPSA) is 28.1 Å². The van der Waals surface area contributed by atoms with Gasteiger partial charge >= 0.3 is 12.9 Å². The summed E-state index contributed by atoms with van der Waals surface area (Å²) in [5.74, 6) is 0. The van der Waals surface area contributed by atoms with Crippen molar-refractivity contribution in [2.24, 2.45) is 0 Å². The number of hydrogen-bond donors (Lipinski definition) is 0. The highest BCUT2D eigenvalue weighted by Crippen LogP contribution is 2.42. The van der Waals surface area contributed by atoms with Crippen LogP contribution in [-0.2, 0) is 0 Å². The Morgan fingerprint density at radius 3 is 1.16 bits per heavy atom. The van der Waals surface area contributed by atoms with E-state index in [-0.39, 0.29) is 0 Å². The number of benzene rings is 4. The van der Waals surface area contributed by atoms with Gasteiger partial charge in [-0.25, -0.2) is 0 Å². The molecule has 0 bridgehead atoms. The predicted octanol–water partition coefficient (Wildman–Crippen LogP) is 8.47. The van der Waals surface area contributed by atoms with Gasteiger partial charge in [-0.15, -0.1) is 0 Å². The lowest BCUT2D eigenvalue weighted by atomic mass is 9.91. The highest BCUT2D eigenvalue weighted by atomic mass is 19.5. The summed E-state index contributed by atoms with van der Waals surface area (Å²) in [6.07, 6.45) is 0. The Hall–Kier alpha value is -3.92. The summed E-state index contributed by atoms with van der Waals surface area (Å²) in [6.45, 7) is 0. The molecule has 0 heterocycles. The fraction of sp³-hybridized carbons (Fsp3) is 0. The molecule has 154 valence electrons. The van der Waals surface area contributed by atoms with Crippen molar-refractivity contribution in [1.82, 2.24) is 0 Å². The molecule has 0 aliphatic rings. The van der Waals surface area contributed by atoms with Crippen LogP contribution >= 0.6 is 0 Å². The summed E-state index contributed by atoms with van der Waals surface area (Å²) in [6, 6.07) is 34.5. The Morgan fingerprint density at radius 1 is 0.516 bits per heavy atom. The second-order valence-electron chi connectivity index (χ2n) is 6.61. The minimum atomic E-state index is -6.00. The van der Waals surface area contributed by atoms with E-state index in [1.807, 2.05) is 78.9 Å². The highest BCUT2D eigenvalue weighted by Gasteiger charge is 2.24. The normalized spacial score (nSPS) is 10.5. The Balaban J connectivity index is 0.000000491. The van der Waals surface area contributed by atoms with Gasteiger partial charge in [-0.2, -0.15) is 0 Å². The molecule has 0 spiro atoms. The maximum absolute atomic E-state index is 9.81. The number of halogens is 4. The van der Waals surface area contributed by atoms with Crippen molar-refractivity contribution in [3.8, 4) is 33.4 Å². The quantitative estimate of drug-likeness (QED) is 0.186. The maximum atomic E-state index is 9.81. The third kappa shape index (κ3) is 6.03. The Bertz CT molecular complexity index is 1110. The van der Waals surface area contributed by atoms with Crippen molar-refractivity contribution in [3.05, 3.63) is 108 Å². The van der Waals surface area contributed by atoms with Crippen molar-refractivity contribution in [3.63, 3.8) is 0 Å². The largest absolute Gasteiger partial charge is 0.673 e. The van der Waals surface area contributed by atoms with Gasteiger partial charge in [0.25, 0.3) is 0 Å². The molecule has 2 nitrogen and oxygen atoms in total. The summed E-state index contributed by atoms with van der Waals surface area (Å²) < 4.78 is 39.0. The monoisotopic (exact) mass is 420 g/mol. The predicted molar refractivity (Wildman–Crippen MR) is 118 cm³/mol. The zero-order valence-corrected chi connectivity index (χ0v) is 16.3. The standard InChI is InChI=1S/C24H17N2.BF4/c25-26-24-22(19-12-6-2-7-13-19)16-21(18-10-4-1-5-11-18)17-23(24)20-14-8-3-9-15-20;2-1(3,4)5/h1-17H;/q+1;-1. The molecule has 0 amide bonds. The number of nitrogens with zero attached hydrogens (tertiary/aromatic N) is 2. The zero-order chi connectivity index (χ0) is 22.3. The van der Waals surface area contributed by atoms with Crippen LogP contribution in [0, 0.1) is 5.39 Å². The van der Waals surface area contributed by atoms with E-state index in [1.165, 1.54) is 0 Å². The van der Waals surface area contributed by atoms with Crippen LogP contribution < -0.4 is 0 Å². The first kappa shape index (κ1) is 21.8. The molecule has 0 saturated carbocycles. The smallest absolute Gasteiger partial charge is 0.418 e. The van der Waals surface area contributed by atoms with Crippen LogP contribution in [0.1, 0.15) is 0 Å². The molecule has 7 heteroatoms. The first-order valence-corrected chi connectivity index (χ1v) is 9.43. The van der Waals surface area contributed by atoms with E-state index in [9.17, 15) is 22.7 Å². The average molecular weight is 420 g/mol. The van der Waals surface area contributed by atoms with Gasteiger partial charge in [0, 0.05) is 0 Å². The van der Waals surface area contributed by atoms with Crippen molar-refractivity contribution in [1.29, 1.82) is 5.39 Å². The third-order valence-corrected chi connectivity index (χ3v) is 4.49. The highest BCUT2D eigenvalue weighted by molar-refractivity contribution is 6.50. The van der Waals surface area contributed by atoms with E-state index in [4.69, 9.17) is 0 Å². The third-order valence-electron chi connectivity index (χ3n) is 4.49. The molecule has 0 aromatic heterocycles. The van der Waals surface area contributed by atoms with Crippen molar-refractivity contribution in [2.75, 3.05) is 0 Å². The van der Waals surface area contributed by atoms with Gasteiger partial charge in [-0.3, -0.25) is 0 Å². The van der Waals surface area contributed by atoms with Gasteiger partial charge in [0.2, 0.25) is 5.39 Å². The van der Waals surface area contributed by atoms with Crippen molar-refractivity contribution >= 4 is 12.9 Å². The Labute approximate surface area is 177 Å². The van der Waals surface area contributed by atoms with Crippen LogP contribution in [-0.4, -0.2) is 7.25 Å². The van der Waals surface area contributed by atoms with Gasteiger partial charge in [-0.05, 0) is 34.4 Å². The van der Waals surface area contributed by atoms with E-state index in [2.05, 4.69) is 29.2 Å². The van der Waals surface area contributed by atoms with Gasteiger partial charge in [-0.1, -0.05) is 91.0 Å². The molecule has 0 aliphatic heterocycles. The second-order valence-corrected chi connectivity index (χ2v) is 6.61. The molecule has 0 fully saturated rings. The lowest BCUT2D eigenvalue weighted by Gasteiger charge is -2.09. The molecule has 4 aromatic carbocycles. The second kappa shape index (κ2) is 9.72. The van der Waals surface area contributed by atoms with Crippen LogP contribution in [0.4, 0.5) is 23.0 Å². The molecule has 0 saturated heterocycles. The first-order valence-electron chi connectivity index (χ1n) is 9.43. The van der Waals surface area contributed by atoms with Crippen molar-refractivity contribution < 1.29 is 17.3 Å². The molecule has 0 aliphatic carbocycles. The van der Waals surface area contributed by atoms with E-state index in [1.54, 1.807) is 0 Å². The van der Waals surface area contributed by atoms with E-state index >= 15 is 0 Å². The molecular formula is C24H17BF4N2. The summed E-state index contributed by atoms with van der Waals surface area (Å²) in [5, 5.41) is 9.81. The van der Waals surface area contributed by atoms with Gasteiger partial charge < -0.3 is 17.3 Å². The number of diazo groups is 1. The summed E-state index contributed by atoms with van der Waals surface area (Å²) in [5.41, 5.74) is 6.68. The molecule has 0 radical (unpaired) electrons. The van der Waals surface area contributed by atoms with E-state index < -0.39 is 7.25 Å². The van der Waals surface area contributed by atoms with Gasteiger partial charge in [0.05, 0.1) is 11.1 Å². The Kier molecular flexibility index (Phi) is 6.83. The molecule has 4 rings (SSSR count). The summed E-state index contributed by atoms with van der Waals surface area (Å²) in [4.78, 5) is 3.66. The minimum Gasteiger partial charge on any atom is -0.418 e. The van der Waals surface area contributed by atoms with Gasteiger partial charge in [0.15, 0.2) is 4.98 Å². The lowest BCUT2D eigenvalue weighted by Crippen LogP contribution is -2.02. The first-order chi connectivity index (χ1) is 14.9. The fourth-order valence-electron chi connectivity index (χ4n) is 3.22. The van der Waals surface area contributed by atoms with Crippen LogP contribution in [0.25, 0.3) is 38.4 Å². The average Bonchev–Trinajstić information content (AvgIpc) is 2.79. The van der Waals surface area contributed by atoms with Crippen LogP contribution in [0.5, 0.6) is 0 Å². The molecule has 0 unspecified atom stereocenters. The molecule has 31 heavy (non-hydrogen) atoms. The number of hydrogen-bond acceptors (Lipinski definition) is 1. The fourth-order valence-corrected chi connectivity index (χ4v) is 3.22. The summed E-state index contributed by atoms with van der Waals surface area (Å²) >= 11 is 0. The molecule has 4 aromatic rings. The minimum absolute atomic E-state index is 0.585. The maximum Gasteiger partial charge on any atom is 0.673 e. The van der Waals surface area contributed by atoms with Crippen LogP contribution in [0.3, 0.4) is 0 Å². The molecule has 0 atom stereocenters. The SMILES string of the molecule is F[B-](F)(F)F.N#[N+]c1c(-c2ccccc2)cc(-c2ccccc2)cc1-c1ccccc1. The van der Waals surface area contributed by atoms with Crippen molar-refractivity contribution in [2.45, 2.75) is 0 Å². The zero-order valence-electron chi connectivity index (χ0n) is 16.3. The van der Waals surface area contributed by atoms with Crippen LogP contribution in [0.2, 0.25) is 0 Å². The van der Waals surface area contributed by atoms with E-state index in [0.29, 0.717) is 5.69 Å². The molecule has 0 N–H and O–H groups in total. The van der Waals surface area contributed by atoms with Crippen LogP contribution in [0.15, 0.2) is 103 Å². The Morgan fingerprint density at radius 2 is 0.839 bits per heavy atom. The number of rotatable bonds is 3. The molecular weight excluding hydrogens is 403 g/mol. The van der Waals surface area contributed by atoms with Gasteiger partial charge in [0.1, 0.15) is 0 Å². The van der Waals surface area contributed by atoms with E-state index in [0.717, 1.165) is 33.4 Å².